The molecule has 0 unspecified atom stereocenters. The summed E-state index contributed by atoms with van der Waals surface area (Å²) in [7, 11) is -4.84. The molecule has 7 nitrogen and oxygen atoms in total. The van der Waals surface area contributed by atoms with Crippen LogP contribution in [0.4, 0.5) is 0 Å². The minimum atomic E-state index is -4.84. The maximum atomic E-state index is 11.8. The first-order valence-corrected chi connectivity index (χ1v) is 7.56. The van der Waals surface area contributed by atoms with E-state index in [1.54, 1.807) is 18.2 Å². The number of aliphatic carboxylic acids is 1. The molecule has 2 N–H and O–H groups in total. The Hall–Kier alpha value is -2.45. The maximum Gasteiger partial charge on any atom is 0.339 e. The highest BCUT2D eigenvalue weighted by molar-refractivity contribution is 7.90. The van der Waals surface area contributed by atoms with Crippen LogP contribution in [0.15, 0.2) is 46.9 Å². The van der Waals surface area contributed by atoms with E-state index in [1.807, 2.05) is 0 Å². The summed E-state index contributed by atoms with van der Waals surface area (Å²) in [4.78, 5) is 21.8. The summed E-state index contributed by atoms with van der Waals surface area (Å²) >= 11 is 0. The van der Waals surface area contributed by atoms with Gasteiger partial charge in [0.25, 0.3) is 10.1 Å². The fraction of sp³-hybridized carbons (Fsp3) is 0.143. The summed E-state index contributed by atoms with van der Waals surface area (Å²) in [6, 6.07) is 7.95. The molecule has 0 heterocycles. The van der Waals surface area contributed by atoms with Crippen LogP contribution in [0.1, 0.15) is 12.5 Å². The number of rotatable bonds is 6. The zero-order valence-electron chi connectivity index (χ0n) is 11.6. The first kappa shape index (κ1) is 17.6. The molecule has 0 radical (unpaired) electrons. The Labute approximate surface area is 127 Å². The molecule has 8 heteroatoms. The molecule has 0 aliphatic heterocycles. The van der Waals surface area contributed by atoms with Crippen LogP contribution in [0.5, 0.6) is 0 Å². The summed E-state index contributed by atoms with van der Waals surface area (Å²) < 4.78 is 37.0. The zero-order chi connectivity index (χ0) is 16.8. The Bertz CT molecular complexity index is 715. The van der Waals surface area contributed by atoms with E-state index in [1.165, 1.54) is 19.1 Å². The molecule has 0 fully saturated rings. The number of carbonyl (C=O) groups is 2. The van der Waals surface area contributed by atoms with Gasteiger partial charge in [0, 0.05) is 6.08 Å². The summed E-state index contributed by atoms with van der Waals surface area (Å²) in [5, 5.41) is 8.79. The Kier molecular flexibility index (Phi) is 6.02. The molecule has 0 bridgehead atoms. The highest BCUT2D eigenvalue weighted by atomic mass is 32.2. The third-order valence-corrected chi connectivity index (χ3v) is 3.30. The standard InChI is InChI=1S/C14H14O7S/c1-2-21-14(17)11(9-13(15)16)12(22(18,19)20)8-10-6-4-3-5-7-10/h3-9H,2H2,1H3,(H,15,16)(H,18,19,20). The first-order chi connectivity index (χ1) is 10.3. The van der Waals surface area contributed by atoms with Crippen molar-refractivity contribution < 1.29 is 32.4 Å². The number of hydrogen-bond donors (Lipinski definition) is 2. The Morgan fingerprint density at radius 1 is 1.23 bits per heavy atom. The maximum absolute atomic E-state index is 11.8. The van der Waals surface area contributed by atoms with Gasteiger partial charge in [-0.25, -0.2) is 9.59 Å². The molecule has 22 heavy (non-hydrogen) atoms. The van der Waals surface area contributed by atoms with Crippen LogP contribution in [0.25, 0.3) is 6.08 Å². The average Bonchev–Trinajstić information content (AvgIpc) is 2.42. The van der Waals surface area contributed by atoms with Crippen molar-refractivity contribution in [1.29, 1.82) is 0 Å². The molecule has 0 aromatic heterocycles. The van der Waals surface area contributed by atoms with Crippen molar-refractivity contribution in [2.75, 3.05) is 6.61 Å². The van der Waals surface area contributed by atoms with Gasteiger partial charge in [0.2, 0.25) is 0 Å². The number of carboxylic acids is 1. The monoisotopic (exact) mass is 326 g/mol. The smallest absolute Gasteiger partial charge is 0.339 e. The Morgan fingerprint density at radius 2 is 1.82 bits per heavy atom. The lowest BCUT2D eigenvalue weighted by molar-refractivity contribution is -0.139. The minimum Gasteiger partial charge on any atom is -0.478 e. The molecule has 0 aliphatic rings. The van der Waals surface area contributed by atoms with Crippen molar-refractivity contribution in [3.05, 3.63) is 52.4 Å². The molecule has 1 aromatic rings. The second-order valence-electron chi connectivity index (χ2n) is 4.01. The highest BCUT2D eigenvalue weighted by Crippen LogP contribution is 2.21. The molecule has 0 amide bonds. The van der Waals surface area contributed by atoms with Crippen LogP contribution < -0.4 is 0 Å². The third-order valence-electron chi connectivity index (χ3n) is 2.40. The number of carboxylic acid groups (broad SMARTS) is 1. The molecule has 0 spiro atoms. The van der Waals surface area contributed by atoms with Gasteiger partial charge in [-0.3, -0.25) is 4.55 Å². The predicted octanol–water partition coefficient (Wildman–Crippen LogP) is 1.49. The van der Waals surface area contributed by atoms with Crippen molar-refractivity contribution in [3.8, 4) is 0 Å². The normalized spacial score (nSPS) is 12.8. The lowest BCUT2D eigenvalue weighted by Crippen LogP contribution is -2.16. The van der Waals surface area contributed by atoms with E-state index < -0.39 is 32.5 Å². The summed E-state index contributed by atoms with van der Waals surface area (Å²) in [6.45, 7) is 1.39. The summed E-state index contributed by atoms with van der Waals surface area (Å²) in [5.74, 6) is -2.71. The van der Waals surface area contributed by atoms with Crippen molar-refractivity contribution in [1.82, 2.24) is 0 Å². The lowest BCUT2D eigenvalue weighted by Gasteiger charge is -2.08. The molecule has 0 saturated heterocycles. The Morgan fingerprint density at radius 3 is 2.27 bits per heavy atom. The molecule has 0 atom stereocenters. The molecule has 118 valence electrons. The van der Waals surface area contributed by atoms with E-state index in [2.05, 4.69) is 4.74 Å². The quantitative estimate of drug-likeness (QED) is 0.352. The summed E-state index contributed by atoms with van der Waals surface area (Å²) in [6.07, 6.45) is 1.36. The van der Waals surface area contributed by atoms with Gasteiger partial charge >= 0.3 is 11.9 Å². The van der Waals surface area contributed by atoms with Crippen LogP contribution in [0, 0.1) is 0 Å². The fourth-order valence-corrected chi connectivity index (χ4v) is 2.26. The van der Waals surface area contributed by atoms with Crippen molar-refractivity contribution in [2.24, 2.45) is 0 Å². The van der Waals surface area contributed by atoms with Crippen molar-refractivity contribution in [2.45, 2.75) is 6.92 Å². The van der Waals surface area contributed by atoms with Crippen LogP contribution >= 0.6 is 0 Å². The van der Waals surface area contributed by atoms with Crippen molar-refractivity contribution >= 4 is 28.1 Å². The lowest BCUT2D eigenvalue weighted by atomic mass is 10.1. The fourth-order valence-electron chi connectivity index (χ4n) is 1.55. The number of ether oxygens (including phenoxy) is 1. The van der Waals surface area contributed by atoms with E-state index in [0.29, 0.717) is 11.6 Å². The number of benzene rings is 1. The van der Waals surface area contributed by atoms with Gasteiger partial charge in [-0.05, 0) is 18.6 Å². The second kappa shape index (κ2) is 7.53. The SMILES string of the molecule is CCOC(=O)C(=CC(=O)O)C(=Cc1ccccc1)S(=O)(=O)O. The van der Waals surface area contributed by atoms with E-state index >= 15 is 0 Å². The average molecular weight is 326 g/mol. The molecular weight excluding hydrogens is 312 g/mol. The van der Waals surface area contributed by atoms with Gasteiger partial charge in [0.15, 0.2) is 0 Å². The van der Waals surface area contributed by atoms with E-state index in [4.69, 9.17) is 5.11 Å². The molecule has 0 aliphatic carbocycles. The first-order valence-electron chi connectivity index (χ1n) is 6.12. The number of esters is 1. The molecule has 1 aromatic carbocycles. The van der Waals surface area contributed by atoms with Crippen LogP contribution in [0.2, 0.25) is 0 Å². The van der Waals surface area contributed by atoms with Gasteiger partial charge in [0.05, 0.1) is 12.2 Å². The zero-order valence-corrected chi connectivity index (χ0v) is 12.4. The van der Waals surface area contributed by atoms with Gasteiger partial charge in [0.1, 0.15) is 4.91 Å². The largest absolute Gasteiger partial charge is 0.478 e. The number of carbonyl (C=O) groups excluding carboxylic acids is 1. The van der Waals surface area contributed by atoms with Crippen LogP contribution in [-0.2, 0) is 24.4 Å². The van der Waals surface area contributed by atoms with Crippen LogP contribution in [0.3, 0.4) is 0 Å². The third kappa shape index (κ3) is 5.15. The Balaban J connectivity index is 3.50. The van der Waals surface area contributed by atoms with E-state index in [-0.39, 0.29) is 6.61 Å². The van der Waals surface area contributed by atoms with Gasteiger partial charge in [-0.1, -0.05) is 30.3 Å². The number of hydrogen-bond acceptors (Lipinski definition) is 5. The molecular formula is C14H14O7S. The molecule has 1 rings (SSSR count). The highest BCUT2D eigenvalue weighted by Gasteiger charge is 2.26. The van der Waals surface area contributed by atoms with E-state index in [9.17, 15) is 22.6 Å². The molecule has 0 saturated carbocycles. The van der Waals surface area contributed by atoms with Crippen molar-refractivity contribution in [3.63, 3.8) is 0 Å². The van der Waals surface area contributed by atoms with Gasteiger partial charge in [-0.15, -0.1) is 0 Å². The minimum absolute atomic E-state index is 0.0834. The van der Waals surface area contributed by atoms with Gasteiger partial charge < -0.3 is 9.84 Å². The predicted molar refractivity (Wildman–Crippen MR) is 78.3 cm³/mol. The summed E-state index contributed by atoms with van der Waals surface area (Å²) in [5.41, 5.74) is -0.406. The van der Waals surface area contributed by atoms with E-state index in [0.717, 1.165) is 6.08 Å². The van der Waals surface area contributed by atoms with Gasteiger partial charge in [-0.2, -0.15) is 8.42 Å². The topological polar surface area (TPSA) is 118 Å². The van der Waals surface area contributed by atoms with Crippen LogP contribution in [-0.4, -0.2) is 36.6 Å². The second-order valence-corrected chi connectivity index (χ2v) is 5.40.